The van der Waals surface area contributed by atoms with Crippen LogP contribution in [0.25, 0.3) is 11.2 Å². The van der Waals surface area contributed by atoms with Crippen LogP contribution in [-0.4, -0.2) is 74.3 Å². The van der Waals surface area contributed by atoms with Gasteiger partial charge in [-0.25, -0.2) is 4.98 Å². The van der Waals surface area contributed by atoms with Crippen LogP contribution in [0.4, 0.5) is 5.95 Å². The molecule has 14 heteroatoms. The summed E-state index contributed by atoms with van der Waals surface area (Å²) in [5, 5.41) is -0.00863. The number of amides is 1. The highest BCUT2D eigenvalue weighted by molar-refractivity contribution is 6.33. The molecular weight excluding hydrogens is 486 g/mol. The number of anilines is 1. The number of halogens is 1. The van der Waals surface area contributed by atoms with Crippen LogP contribution in [0.1, 0.15) is 47.8 Å². The highest BCUT2D eigenvalue weighted by Gasteiger charge is 2.51. The molecule has 0 bridgehead atoms. The molecular formula is C21H26ClN5O8. The van der Waals surface area contributed by atoms with Crippen LogP contribution < -0.4 is 4.90 Å². The minimum absolute atomic E-state index is 0.00863. The monoisotopic (exact) mass is 511 g/mol. The summed E-state index contributed by atoms with van der Waals surface area (Å²) in [6.07, 6.45) is -2.93. The first-order valence-electron chi connectivity index (χ1n) is 10.7. The molecule has 1 aliphatic heterocycles. The van der Waals surface area contributed by atoms with Crippen molar-refractivity contribution >= 4 is 52.5 Å². The fourth-order valence-electron chi connectivity index (χ4n) is 3.82. The van der Waals surface area contributed by atoms with Gasteiger partial charge in [0.15, 0.2) is 29.2 Å². The van der Waals surface area contributed by atoms with Crippen LogP contribution in [-0.2, 0) is 38.1 Å². The maximum atomic E-state index is 12.2. The smallest absolute Gasteiger partial charge is 0.303 e. The molecule has 190 valence electrons. The van der Waals surface area contributed by atoms with Gasteiger partial charge in [0.05, 0.1) is 6.33 Å². The molecule has 0 aromatic carbocycles. The number of carbonyl (C=O) groups is 4. The average Bonchev–Trinajstić information content (AvgIpc) is 3.27. The number of hydrogen-bond acceptors (Lipinski definition) is 11. The van der Waals surface area contributed by atoms with E-state index in [0.29, 0.717) is 0 Å². The molecule has 0 aliphatic carbocycles. The zero-order valence-corrected chi connectivity index (χ0v) is 20.8. The van der Waals surface area contributed by atoms with Crippen molar-refractivity contribution in [2.24, 2.45) is 0 Å². The number of ether oxygens (including phenoxy) is 4. The lowest BCUT2D eigenvalue weighted by molar-refractivity contribution is -0.166. The fourth-order valence-corrected chi connectivity index (χ4v) is 4.03. The average molecular weight is 512 g/mol. The molecule has 1 saturated heterocycles. The summed E-state index contributed by atoms with van der Waals surface area (Å²) in [6.45, 7) is 8.29. The van der Waals surface area contributed by atoms with Crippen molar-refractivity contribution in [3.63, 3.8) is 0 Å². The Morgan fingerprint density at radius 1 is 1.06 bits per heavy atom. The van der Waals surface area contributed by atoms with Crippen LogP contribution in [0, 0.1) is 0 Å². The third kappa shape index (κ3) is 5.68. The second kappa shape index (κ2) is 10.5. The van der Waals surface area contributed by atoms with Crippen molar-refractivity contribution in [2.75, 3.05) is 11.5 Å². The van der Waals surface area contributed by atoms with Crippen LogP contribution in [0.15, 0.2) is 6.33 Å². The Kier molecular flexibility index (Phi) is 7.90. The summed E-state index contributed by atoms with van der Waals surface area (Å²) >= 11 is 6.35. The third-order valence-corrected chi connectivity index (χ3v) is 5.32. The van der Waals surface area contributed by atoms with Gasteiger partial charge >= 0.3 is 17.9 Å². The molecule has 0 radical (unpaired) electrons. The van der Waals surface area contributed by atoms with Crippen LogP contribution in [0.2, 0.25) is 5.15 Å². The Labute approximate surface area is 205 Å². The lowest BCUT2D eigenvalue weighted by atomic mass is 10.1. The van der Waals surface area contributed by atoms with Crippen molar-refractivity contribution in [1.82, 2.24) is 19.5 Å². The van der Waals surface area contributed by atoms with Crippen LogP contribution in [0.3, 0.4) is 0 Å². The lowest BCUT2D eigenvalue weighted by Crippen LogP contribution is -2.40. The largest absolute Gasteiger partial charge is 0.463 e. The molecule has 0 saturated carbocycles. The van der Waals surface area contributed by atoms with Crippen LogP contribution in [0.5, 0.6) is 0 Å². The van der Waals surface area contributed by atoms with E-state index in [4.69, 9.17) is 30.5 Å². The van der Waals surface area contributed by atoms with Crippen molar-refractivity contribution in [2.45, 2.75) is 72.1 Å². The predicted molar refractivity (Wildman–Crippen MR) is 120 cm³/mol. The van der Waals surface area contributed by atoms with E-state index in [1.54, 1.807) is 13.8 Å². The number of rotatable bonds is 7. The molecule has 4 atom stereocenters. The third-order valence-electron chi connectivity index (χ3n) is 5.05. The summed E-state index contributed by atoms with van der Waals surface area (Å²) in [6, 6.07) is -0.268. The van der Waals surface area contributed by atoms with Crippen LogP contribution >= 0.6 is 11.6 Å². The fraction of sp³-hybridized carbons (Fsp3) is 0.571. The van der Waals surface area contributed by atoms with Gasteiger partial charge in [0, 0.05) is 33.7 Å². The Hall–Kier alpha value is -3.32. The highest BCUT2D eigenvalue weighted by atomic mass is 35.5. The molecule has 0 spiro atoms. The summed E-state index contributed by atoms with van der Waals surface area (Å²) < 4.78 is 23.4. The van der Waals surface area contributed by atoms with Gasteiger partial charge in [-0.2, -0.15) is 9.97 Å². The maximum Gasteiger partial charge on any atom is 0.303 e. The van der Waals surface area contributed by atoms with Crippen molar-refractivity contribution in [3.05, 3.63) is 11.5 Å². The first kappa shape index (κ1) is 26.3. The lowest BCUT2D eigenvalue weighted by Gasteiger charge is -2.25. The number of esters is 3. The van der Waals surface area contributed by atoms with E-state index in [9.17, 15) is 19.2 Å². The highest BCUT2D eigenvalue weighted by Crippen LogP contribution is 2.37. The van der Waals surface area contributed by atoms with Gasteiger partial charge in [0.25, 0.3) is 0 Å². The standard InChI is InChI=1S/C21H26ClN5O8/c1-9(2)27(10(3)28)21-24-18(22)15-19(25-21)26(8-23-15)20-17(34-13(6)31)16(33-12(5)30)14(35-20)7-32-11(4)29/h8-9,14,16-17,20H,7H2,1-6H3/t14-,16-,17-,20-/m1/s1. The zero-order valence-electron chi connectivity index (χ0n) is 20.1. The van der Waals surface area contributed by atoms with Gasteiger partial charge in [0.1, 0.15) is 18.2 Å². The zero-order chi connectivity index (χ0) is 26.0. The summed E-state index contributed by atoms with van der Waals surface area (Å²) in [4.78, 5) is 61.6. The first-order chi connectivity index (χ1) is 16.4. The Morgan fingerprint density at radius 2 is 1.69 bits per heavy atom. The van der Waals surface area contributed by atoms with E-state index in [1.165, 1.54) is 43.5 Å². The van der Waals surface area contributed by atoms with E-state index < -0.39 is 42.4 Å². The quantitative estimate of drug-likeness (QED) is 0.302. The molecule has 13 nitrogen and oxygen atoms in total. The minimum Gasteiger partial charge on any atom is -0.463 e. The summed E-state index contributed by atoms with van der Waals surface area (Å²) in [5.74, 6) is -2.14. The number of nitrogens with zero attached hydrogens (tertiary/aromatic N) is 5. The molecule has 1 amide bonds. The molecule has 0 unspecified atom stereocenters. The second-order valence-electron chi connectivity index (χ2n) is 8.14. The second-order valence-corrected chi connectivity index (χ2v) is 8.50. The van der Waals surface area contributed by atoms with Crippen molar-refractivity contribution in [3.8, 4) is 0 Å². The minimum atomic E-state index is -1.14. The normalized spacial score (nSPS) is 21.7. The number of aromatic nitrogens is 4. The molecule has 3 rings (SSSR count). The number of fused-ring (bicyclic) bond motifs is 1. The van der Waals surface area contributed by atoms with Gasteiger partial charge in [-0.15, -0.1) is 0 Å². The van der Waals surface area contributed by atoms with Gasteiger partial charge in [-0.1, -0.05) is 11.6 Å². The molecule has 0 N–H and O–H groups in total. The van der Waals surface area contributed by atoms with Crippen molar-refractivity contribution < 1.29 is 38.1 Å². The topological polar surface area (TPSA) is 152 Å². The molecule has 3 heterocycles. The number of carbonyl (C=O) groups excluding carboxylic acids is 4. The summed E-state index contributed by atoms with van der Waals surface area (Å²) in [5.41, 5.74) is 0.393. The van der Waals surface area contributed by atoms with E-state index in [1.807, 2.05) is 0 Å². The molecule has 2 aromatic heterocycles. The molecule has 1 fully saturated rings. The van der Waals surface area contributed by atoms with E-state index in [2.05, 4.69) is 15.0 Å². The Bertz CT molecular complexity index is 1150. The molecule has 35 heavy (non-hydrogen) atoms. The molecule has 2 aromatic rings. The summed E-state index contributed by atoms with van der Waals surface area (Å²) in [7, 11) is 0. The van der Waals surface area contributed by atoms with E-state index >= 15 is 0 Å². The van der Waals surface area contributed by atoms with Crippen molar-refractivity contribution in [1.29, 1.82) is 0 Å². The number of hydrogen-bond donors (Lipinski definition) is 0. The first-order valence-corrected chi connectivity index (χ1v) is 11.1. The maximum absolute atomic E-state index is 12.2. The predicted octanol–water partition coefficient (Wildman–Crippen LogP) is 1.56. The van der Waals surface area contributed by atoms with E-state index in [0.717, 1.165) is 0 Å². The van der Waals surface area contributed by atoms with Gasteiger partial charge in [-0.3, -0.25) is 28.6 Å². The number of imidazole rings is 1. The van der Waals surface area contributed by atoms with Gasteiger partial charge in [-0.05, 0) is 13.8 Å². The van der Waals surface area contributed by atoms with Gasteiger partial charge in [0.2, 0.25) is 11.9 Å². The Balaban J connectivity index is 2.12. The Morgan fingerprint density at radius 3 is 2.23 bits per heavy atom. The SMILES string of the molecule is CC(=O)OC[C@H]1O[C@@H](n2cnc3c(Cl)nc(N(C(C)=O)C(C)C)nc32)[C@H](OC(C)=O)[C@@H]1OC(C)=O. The van der Waals surface area contributed by atoms with E-state index in [-0.39, 0.29) is 40.8 Å². The molecule has 1 aliphatic rings. The van der Waals surface area contributed by atoms with Gasteiger partial charge < -0.3 is 18.9 Å².